The summed E-state index contributed by atoms with van der Waals surface area (Å²) in [6.07, 6.45) is -0.903. The van der Waals surface area contributed by atoms with Crippen molar-refractivity contribution in [1.82, 2.24) is 5.32 Å². The molecule has 3 aromatic rings. The van der Waals surface area contributed by atoms with Crippen molar-refractivity contribution in [3.63, 3.8) is 0 Å². The van der Waals surface area contributed by atoms with E-state index in [1.807, 2.05) is 48.5 Å². The van der Waals surface area contributed by atoms with Crippen molar-refractivity contribution in [1.29, 1.82) is 0 Å². The molecule has 2 N–H and O–H groups in total. The van der Waals surface area contributed by atoms with Crippen molar-refractivity contribution in [2.75, 3.05) is 13.7 Å². The fourth-order valence-electron chi connectivity index (χ4n) is 4.20. The average Bonchev–Trinajstić information content (AvgIpc) is 3.11. The highest BCUT2D eigenvalue weighted by atomic mass is 35.5. The Morgan fingerprint density at radius 2 is 1.64 bits per heavy atom. The van der Waals surface area contributed by atoms with Crippen LogP contribution < -0.4 is 10.1 Å². The number of nitrogens with one attached hydrogen (secondary N) is 1. The fraction of sp³-hybridized carbons (Fsp3) is 0.200. The number of ether oxygens (including phenoxy) is 2. The second kappa shape index (κ2) is 9.73. The average molecular weight is 486 g/mol. The molecule has 8 heteroatoms. The van der Waals surface area contributed by atoms with E-state index in [4.69, 9.17) is 32.7 Å². The molecule has 170 valence electrons. The lowest BCUT2D eigenvalue weighted by Crippen LogP contribution is -2.43. The van der Waals surface area contributed by atoms with Crippen LogP contribution in [0.1, 0.15) is 22.6 Å². The Morgan fingerprint density at radius 1 is 1.03 bits per heavy atom. The van der Waals surface area contributed by atoms with Crippen LogP contribution in [0, 0.1) is 0 Å². The molecule has 3 aromatic carbocycles. The first-order chi connectivity index (χ1) is 15.9. The van der Waals surface area contributed by atoms with E-state index in [2.05, 4.69) is 5.32 Å². The van der Waals surface area contributed by atoms with Gasteiger partial charge in [-0.05, 0) is 39.9 Å². The summed E-state index contributed by atoms with van der Waals surface area (Å²) in [6, 6.07) is 17.7. The Hall–Kier alpha value is -3.22. The summed E-state index contributed by atoms with van der Waals surface area (Å²) in [4.78, 5) is 24.4. The molecule has 1 atom stereocenters. The lowest BCUT2D eigenvalue weighted by atomic mass is 9.98. The molecule has 1 aliphatic carbocycles. The molecule has 0 saturated heterocycles. The molecule has 0 bridgehead atoms. The van der Waals surface area contributed by atoms with Crippen LogP contribution in [0.2, 0.25) is 10.0 Å². The number of alkyl carbamates (subject to hydrolysis) is 1. The van der Waals surface area contributed by atoms with Crippen LogP contribution in [0.3, 0.4) is 0 Å². The van der Waals surface area contributed by atoms with E-state index in [0.717, 1.165) is 22.3 Å². The Bertz CT molecular complexity index is 1170. The van der Waals surface area contributed by atoms with Gasteiger partial charge in [-0.3, -0.25) is 0 Å². The van der Waals surface area contributed by atoms with Crippen molar-refractivity contribution < 1.29 is 24.2 Å². The number of amides is 1. The van der Waals surface area contributed by atoms with E-state index in [1.165, 1.54) is 13.2 Å². The Labute approximate surface area is 201 Å². The van der Waals surface area contributed by atoms with E-state index >= 15 is 0 Å². The van der Waals surface area contributed by atoms with Gasteiger partial charge in [0.15, 0.2) is 0 Å². The van der Waals surface area contributed by atoms with Crippen LogP contribution >= 0.6 is 23.2 Å². The molecule has 0 saturated carbocycles. The van der Waals surface area contributed by atoms with Gasteiger partial charge in [0.1, 0.15) is 18.4 Å². The third-order valence-corrected chi connectivity index (χ3v) is 6.15. The quantitative estimate of drug-likeness (QED) is 0.459. The summed E-state index contributed by atoms with van der Waals surface area (Å²) in [7, 11) is 1.42. The van der Waals surface area contributed by atoms with Crippen LogP contribution in [-0.4, -0.2) is 36.9 Å². The predicted octanol–water partition coefficient (Wildman–Crippen LogP) is 5.54. The maximum Gasteiger partial charge on any atom is 0.407 e. The number of benzene rings is 3. The van der Waals surface area contributed by atoms with Crippen molar-refractivity contribution in [2.45, 2.75) is 18.4 Å². The van der Waals surface area contributed by atoms with Gasteiger partial charge < -0.3 is 19.9 Å². The van der Waals surface area contributed by atoms with E-state index in [-0.39, 0.29) is 24.0 Å². The molecule has 33 heavy (non-hydrogen) atoms. The number of fused-ring (bicyclic) bond motifs is 3. The molecular weight excluding hydrogens is 465 g/mol. The number of carboxylic acids is 1. The molecule has 0 fully saturated rings. The topological polar surface area (TPSA) is 84.9 Å². The normalized spacial score (nSPS) is 13.1. The van der Waals surface area contributed by atoms with Gasteiger partial charge in [0.2, 0.25) is 0 Å². The van der Waals surface area contributed by atoms with Crippen LogP contribution in [0.25, 0.3) is 11.1 Å². The van der Waals surface area contributed by atoms with E-state index < -0.39 is 18.1 Å². The number of carbonyl (C=O) groups excluding carboxylic acids is 1. The summed E-state index contributed by atoms with van der Waals surface area (Å²) in [5, 5.41) is 12.7. The highest BCUT2D eigenvalue weighted by molar-refractivity contribution is 6.35. The Kier molecular flexibility index (Phi) is 6.77. The smallest absolute Gasteiger partial charge is 0.407 e. The molecule has 0 spiro atoms. The van der Waals surface area contributed by atoms with E-state index in [0.29, 0.717) is 16.3 Å². The van der Waals surface area contributed by atoms with Gasteiger partial charge in [-0.15, -0.1) is 0 Å². The summed E-state index contributed by atoms with van der Waals surface area (Å²) in [5.74, 6) is -1.04. The standard InChI is InChI=1S/C25H21Cl2NO5/c1-32-23-14(10-15(26)12-21(23)27)11-22(24(29)30)28-25(31)33-13-20-18-8-4-2-6-16(18)17-7-3-5-9-19(17)20/h2-10,12,20,22H,11,13H2,1H3,(H,28,31)(H,29,30). The summed E-state index contributed by atoms with van der Waals surface area (Å²) in [5.41, 5.74) is 4.81. The molecular formula is C25H21Cl2NO5. The molecule has 0 aliphatic heterocycles. The van der Waals surface area contributed by atoms with Crippen molar-refractivity contribution in [3.8, 4) is 16.9 Å². The van der Waals surface area contributed by atoms with Crippen LogP contribution in [0.4, 0.5) is 4.79 Å². The number of methoxy groups -OCH3 is 1. The molecule has 0 heterocycles. The maximum atomic E-state index is 12.5. The first-order valence-corrected chi connectivity index (χ1v) is 11.0. The van der Waals surface area contributed by atoms with E-state index in [9.17, 15) is 14.7 Å². The van der Waals surface area contributed by atoms with E-state index in [1.54, 1.807) is 6.07 Å². The number of halogens is 2. The zero-order chi connectivity index (χ0) is 23.5. The molecule has 0 aromatic heterocycles. The van der Waals surface area contributed by atoms with Gasteiger partial charge in [0.05, 0.1) is 12.1 Å². The minimum absolute atomic E-state index is 0.0804. The van der Waals surface area contributed by atoms with Crippen molar-refractivity contribution in [3.05, 3.63) is 87.4 Å². The van der Waals surface area contributed by atoms with Gasteiger partial charge in [-0.25, -0.2) is 9.59 Å². The summed E-state index contributed by atoms with van der Waals surface area (Å²) in [6.45, 7) is 0.0819. The number of rotatable bonds is 7. The largest absolute Gasteiger partial charge is 0.495 e. The van der Waals surface area contributed by atoms with Gasteiger partial charge in [0.25, 0.3) is 0 Å². The Morgan fingerprint density at radius 3 is 2.21 bits per heavy atom. The van der Waals surface area contributed by atoms with Crippen molar-refractivity contribution in [2.24, 2.45) is 0 Å². The van der Waals surface area contributed by atoms with Gasteiger partial charge in [-0.2, -0.15) is 0 Å². The minimum atomic E-state index is -1.26. The van der Waals surface area contributed by atoms with Gasteiger partial charge >= 0.3 is 12.1 Å². The first-order valence-electron chi connectivity index (χ1n) is 10.2. The molecule has 4 rings (SSSR count). The SMILES string of the molecule is COc1c(Cl)cc(Cl)cc1CC(NC(=O)OCC1c2ccccc2-c2ccccc21)C(=O)O. The maximum absolute atomic E-state index is 12.5. The number of carboxylic acid groups (broad SMARTS) is 1. The van der Waals surface area contributed by atoms with Crippen LogP contribution in [0.15, 0.2) is 60.7 Å². The molecule has 1 amide bonds. The summed E-state index contributed by atoms with van der Waals surface area (Å²) < 4.78 is 10.7. The number of carbonyl (C=O) groups is 2. The molecule has 6 nitrogen and oxygen atoms in total. The zero-order valence-electron chi connectivity index (χ0n) is 17.7. The fourth-order valence-corrected chi connectivity index (χ4v) is 4.81. The van der Waals surface area contributed by atoms with Crippen LogP contribution in [-0.2, 0) is 16.0 Å². The molecule has 0 radical (unpaired) electrons. The Balaban J connectivity index is 1.47. The zero-order valence-corrected chi connectivity index (χ0v) is 19.2. The van der Waals surface area contributed by atoms with Crippen LogP contribution in [0.5, 0.6) is 5.75 Å². The van der Waals surface area contributed by atoms with Gasteiger partial charge in [-0.1, -0.05) is 71.7 Å². The van der Waals surface area contributed by atoms with Gasteiger partial charge in [0, 0.05) is 17.4 Å². The second-order valence-electron chi connectivity index (χ2n) is 7.64. The van der Waals surface area contributed by atoms with Crippen molar-refractivity contribution >= 4 is 35.3 Å². The highest BCUT2D eigenvalue weighted by Gasteiger charge is 2.30. The first kappa shape index (κ1) is 23.0. The third kappa shape index (κ3) is 4.77. The second-order valence-corrected chi connectivity index (χ2v) is 8.49. The lowest BCUT2D eigenvalue weighted by molar-refractivity contribution is -0.139. The monoisotopic (exact) mass is 485 g/mol. The minimum Gasteiger partial charge on any atom is -0.495 e. The number of aliphatic carboxylic acids is 1. The summed E-state index contributed by atoms with van der Waals surface area (Å²) >= 11 is 12.2. The highest BCUT2D eigenvalue weighted by Crippen LogP contribution is 2.44. The number of hydrogen-bond acceptors (Lipinski definition) is 4. The molecule has 1 unspecified atom stereocenters. The third-order valence-electron chi connectivity index (χ3n) is 5.65. The lowest BCUT2D eigenvalue weighted by Gasteiger charge is -2.19. The number of hydrogen-bond donors (Lipinski definition) is 2. The molecule has 1 aliphatic rings. The predicted molar refractivity (Wildman–Crippen MR) is 126 cm³/mol.